The minimum Gasteiger partial charge on any atom is -0.478 e. The Balaban J connectivity index is 2.22. The number of aryl methyl sites for hydroxylation is 1. The van der Waals surface area contributed by atoms with Crippen LogP contribution in [-0.2, 0) is 6.42 Å². The van der Waals surface area contributed by atoms with Crippen molar-refractivity contribution in [1.29, 1.82) is 0 Å². The molecule has 0 radical (unpaired) electrons. The Bertz CT molecular complexity index is 661. The first-order chi connectivity index (χ1) is 9.52. The van der Waals surface area contributed by atoms with Gasteiger partial charge in [0, 0.05) is 6.42 Å². The highest BCUT2D eigenvalue weighted by molar-refractivity contribution is 6.06. The van der Waals surface area contributed by atoms with Gasteiger partial charge < -0.3 is 20.6 Å². The quantitative estimate of drug-likeness (QED) is 0.742. The van der Waals surface area contributed by atoms with Crippen molar-refractivity contribution in [2.24, 2.45) is 0 Å². The molecule has 1 amide bonds. The average molecular weight is 274 g/mol. The molecule has 6 heteroatoms. The normalized spacial score (nSPS) is 10.2. The van der Waals surface area contributed by atoms with E-state index in [4.69, 9.17) is 15.3 Å². The van der Waals surface area contributed by atoms with Gasteiger partial charge in [0.2, 0.25) is 0 Å². The second kappa shape index (κ2) is 5.48. The molecule has 0 unspecified atom stereocenters. The largest absolute Gasteiger partial charge is 0.478 e. The maximum Gasteiger partial charge on any atom is 0.335 e. The first-order valence-corrected chi connectivity index (χ1v) is 6.03. The molecule has 0 aliphatic heterocycles. The van der Waals surface area contributed by atoms with Gasteiger partial charge in [-0.3, -0.25) is 4.79 Å². The summed E-state index contributed by atoms with van der Waals surface area (Å²) in [5.74, 6) is -0.828. The monoisotopic (exact) mass is 274 g/mol. The van der Waals surface area contributed by atoms with E-state index in [1.165, 1.54) is 24.5 Å². The van der Waals surface area contributed by atoms with E-state index in [-0.39, 0.29) is 17.2 Å². The molecule has 2 aromatic rings. The summed E-state index contributed by atoms with van der Waals surface area (Å²) < 4.78 is 5.18. The minimum atomic E-state index is -1.07. The Labute approximate surface area is 115 Å². The molecule has 0 fully saturated rings. The summed E-state index contributed by atoms with van der Waals surface area (Å²) >= 11 is 0. The summed E-state index contributed by atoms with van der Waals surface area (Å²) in [6.07, 6.45) is 2.05. The minimum absolute atomic E-state index is 0.0676. The number of carboxylic acids is 1. The Hall–Kier alpha value is -2.76. The maximum absolute atomic E-state index is 12.1. The van der Waals surface area contributed by atoms with Gasteiger partial charge in [-0.2, -0.15) is 0 Å². The van der Waals surface area contributed by atoms with Crippen molar-refractivity contribution in [2.75, 3.05) is 11.1 Å². The first kappa shape index (κ1) is 13.7. The van der Waals surface area contributed by atoms with E-state index in [0.29, 0.717) is 23.4 Å². The fraction of sp³-hybridized carbons (Fsp3) is 0.143. The molecule has 6 nitrogen and oxygen atoms in total. The van der Waals surface area contributed by atoms with Crippen LogP contribution >= 0.6 is 0 Å². The molecule has 0 bridgehead atoms. The number of anilines is 2. The molecule has 0 spiro atoms. The van der Waals surface area contributed by atoms with Gasteiger partial charge in [-0.15, -0.1) is 0 Å². The van der Waals surface area contributed by atoms with E-state index in [2.05, 4.69) is 5.32 Å². The number of nitrogens with two attached hydrogens (primary N) is 1. The molecule has 1 aromatic heterocycles. The zero-order valence-electron chi connectivity index (χ0n) is 10.8. The van der Waals surface area contributed by atoms with Gasteiger partial charge in [0.05, 0.1) is 28.8 Å². The number of nitrogens with one attached hydrogen (secondary N) is 1. The number of carboxylic acid groups (broad SMARTS) is 1. The second-order valence-corrected chi connectivity index (χ2v) is 4.17. The van der Waals surface area contributed by atoms with Gasteiger partial charge in [0.25, 0.3) is 5.91 Å². The van der Waals surface area contributed by atoms with Crippen LogP contribution in [-0.4, -0.2) is 17.0 Å². The predicted molar refractivity (Wildman–Crippen MR) is 73.9 cm³/mol. The molecule has 1 heterocycles. The smallest absolute Gasteiger partial charge is 0.335 e. The van der Waals surface area contributed by atoms with Crippen molar-refractivity contribution in [3.8, 4) is 0 Å². The van der Waals surface area contributed by atoms with Crippen LogP contribution in [0.1, 0.15) is 33.4 Å². The second-order valence-electron chi connectivity index (χ2n) is 4.17. The van der Waals surface area contributed by atoms with Crippen molar-refractivity contribution in [2.45, 2.75) is 13.3 Å². The highest BCUT2D eigenvalue weighted by Gasteiger charge is 2.15. The SMILES string of the molecule is CCc1occc1C(=O)Nc1ccc(C(=O)O)cc1N. The van der Waals surface area contributed by atoms with Crippen LogP contribution in [0.15, 0.2) is 34.9 Å². The molecule has 1 aromatic carbocycles. The fourth-order valence-corrected chi connectivity index (χ4v) is 1.82. The van der Waals surface area contributed by atoms with Gasteiger partial charge in [-0.25, -0.2) is 4.79 Å². The van der Waals surface area contributed by atoms with E-state index in [1.54, 1.807) is 6.07 Å². The molecule has 4 N–H and O–H groups in total. The van der Waals surface area contributed by atoms with Gasteiger partial charge >= 0.3 is 5.97 Å². The van der Waals surface area contributed by atoms with Gasteiger partial charge in [-0.05, 0) is 24.3 Å². The molecule has 0 saturated carbocycles. The third-order valence-corrected chi connectivity index (χ3v) is 2.86. The molecular weight excluding hydrogens is 260 g/mol. The van der Waals surface area contributed by atoms with Crippen LogP contribution in [0.5, 0.6) is 0 Å². The van der Waals surface area contributed by atoms with Crippen LogP contribution in [0.4, 0.5) is 11.4 Å². The molecule has 0 saturated heterocycles. The summed E-state index contributed by atoms with van der Waals surface area (Å²) in [4.78, 5) is 22.9. The topological polar surface area (TPSA) is 106 Å². The molecule has 0 aliphatic rings. The van der Waals surface area contributed by atoms with Gasteiger partial charge in [0.1, 0.15) is 5.76 Å². The Kier molecular flexibility index (Phi) is 3.74. The molecule has 2 rings (SSSR count). The van der Waals surface area contributed by atoms with Crippen LogP contribution < -0.4 is 11.1 Å². The zero-order chi connectivity index (χ0) is 14.7. The number of benzene rings is 1. The number of amides is 1. The highest BCUT2D eigenvalue weighted by atomic mass is 16.4. The van der Waals surface area contributed by atoms with E-state index in [0.717, 1.165) is 0 Å². The molecular formula is C14H14N2O4. The predicted octanol–water partition coefficient (Wildman–Crippen LogP) is 2.37. The number of hydrogen-bond acceptors (Lipinski definition) is 4. The van der Waals surface area contributed by atoms with Crippen LogP contribution in [0.2, 0.25) is 0 Å². The lowest BCUT2D eigenvalue weighted by atomic mass is 10.1. The van der Waals surface area contributed by atoms with Crippen molar-refractivity contribution < 1.29 is 19.1 Å². The Morgan fingerprint density at radius 3 is 2.70 bits per heavy atom. The van der Waals surface area contributed by atoms with E-state index >= 15 is 0 Å². The molecule has 20 heavy (non-hydrogen) atoms. The van der Waals surface area contributed by atoms with E-state index in [9.17, 15) is 9.59 Å². The van der Waals surface area contributed by atoms with E-state index in [1.807, 2.05) is 6.92 Å². The maximum atomic E-state index is 12.1. The third-order valence-electron chi connectivity index (χ3n) is 2.86. The Morgan fingerprint density at radius 1 is 1.35 bits per heavy atom. The third kappa shape index (κ3) is 2.64. The Morgan fingerprint density at radius 2 is 2.10 bits per heavy atom. The van der Waals surface area contributed by atoms with Crippen molar-refractivity contribution in [3.05, 3.63) is 47.4 Å². The molecule has 0 atom stereocenters. The van der Waals surface area contributed by atoms with Crippen LogP contribution in [0.25, 0.3) is 0 Å². The summed E-state index contributed by atoms with van der Waals surface area (Å²) in [7, 11) is 0. The van der Waals surface area contributed by atoms with Crippen molar-refractivity contribution >= 4 is 23.3 Å². The first-order valence-electron chi connectivity index (χ1n) is 6.03. The number of nitrogen functional groups attached to an aromatic ring is 1. The van der Waals surface area contributed by atoms with Crippen LogP contribution in [0.3, 0.4) is 0 Å². The van der Waals surface area contributed by atoms with Crippen LogP contribution in [0, 0.1) is 0 Å². The van der Waals surface area contributed by atoms with Crippen molar-refractivity contribution in [3.63, 3.8) is 0 Å². The summed E-state index contributed by atoms with van der Waals surface area (Å²) in [5, 5.41) is 11.5. The number of carbonyl (C=O) groups excluding carboxylic acids is 1. The summed E-state index contributed by atoms with van der Waals surface area (Å²) in [5.41, 5.74) is 6.80. The lowest BCUT2D eigenvalue weighted by molar-refractivity contribution is 0.0697. The van der Waals surface area contributed by atoms with Crippen molar-refractivity contribution in [1.82, 2.24) is 0 Å². The molecule has 104 valence electrons. The number of rotatable bonds is 4. The fourth-order valence-electron chi connectivity index (χ4n) is 1.82. The van der Waals surface area contributed by atoms with Gasteiger partial charge in [-0.1, -0.05) is 6.92 Å². The number of hydrogen-bond donors (Lipinski definition) is 3. The zero-order valence-corrected chi connectivity index (χ0v) is 10.8. The number of carbonyl (C=O) groups is 2. The lowest BCUT2D eigenvalue weighted by Gasteiger charge is -2.08. The summed E-state index contributed by atoms with van der Waals surface area (Å²) in [6.45, 7) is 1.88. The highest BCUT2D eigenvalue weighted by Crippen LogP contribution is 2.22. The van der Waals surface area contributed by atoms with Gasteiger partial charge in [0.15, 0.2) is 0 Å². The summed E-state index contributed by atoms with van der Waals surface area (Å²) in [6, 6.07) is 5.72. The standard InChI is InChI=1S/C14H14N2O4/c1-2-12-9(5-6-20-12)13(17)16-11-4-3-8(14(18)19)7-10(11)15/h3-7H,2,15H2,1H3,(H,16,17)(H,18,19). The van der Waals surface area contributed by atoms with E-state index < -0.39 is 5.97 Å². The number of aromatic carboxylic acids is 1. The number of furan rings is 1. The lowest BCUT2D eigenvalue weighted by Crippen LogP contribution is -2.14. The average Bonchev–Trinajstić information content (AvgIpc) is 2.89. The molecule has 0 aliphatic carbocycles.